The molecule has 1 aromatic heterocycles. The summed E-state index contributed by atoms with van der Waals surface area (Å²) < 4.78 is 35.5. The number of benzene rings is 2. The zero-order valence-corrected chi connectivity index (χ0v) is 23.3. The summed E-state index contributed by atoms with van der Waals surface area (Å²) in [4.78, 5) is 30.3. The number of esters is 1. The van der Waals surface area contributed by atoms with E-state index < -0.39 is 21.9 Å². The molecule has 1 heterocycles. The molecule has 0 unspecified atom stereocenters. The number of hydrogen-bond acceptors (Lipinski definition) is 6. The van der Waals surface area contributed by atoms with Crippen molar-refractivity contribution in [2.75, 3.05) is 13.7 Å². The van der Waals surface area contributed by atoms with Crippen molar-refractivity contribution < 1.29 is 22.7 Å². The highest BCUT2D eigenvalue weighted by molar-refractivity contribution is 7.89. The number of aryl methyl sites for hydroxylation is 2. The van der Waals surface area contributed by atoms with Crippen LogP contribution in [0.4, 0.5) is 0 Å². The van der Waals surface area contributed by atoms with Crippen molar-refractivity contribution >= 4 is 43.5 Å². The maximum Gasteiger partial charge on any atom is 0.326 e. The average molecular weight is 544 g/mol. The Balaban J connectivity index is 1.66. The second-order valence-corrected chi connectivity index (χ2v) is 12.4. The van der Waals surface area contributed by atoms with Gasteiger partial charge in [0, 0.05) is 18.7 Å². The smallest absolute Gasteiger partial charge is 0.326 e. The topological polar surface area (TPSA) is 98.0 Å². The number of carbonyl (C=O) groups is 2. The van der Waals surface area contributed by atoms with E-state index in [9.17, 15) is 18.0 Å². The van der Waals surface area contributed by atoms with Crippen LogP contribution in [0.2, 0.25) is 0 Å². The predicted molar refractivity (Wildman–Crippen MR) is 144 cm³/mol. The Morgan fingerprint density at radius 2 is 1.78 bits per heavy atom. The third kappa shape index (κ3) is 5.86. The van der Waals surface area contributed by atoms with E-state index in [1.807, 2.05) is 26.0 Å². The van der Waals surface area contributed by atoms with E-state index in [2.05, 4.69) is 4.99 Å². The minimum atomic E-state index is -3.65. The van der Waals surface area contributed by atoms with Gasteiger partial charge in [0.1, 0.15) is 6.54 Å². The van der Waals surface area contributed by atoms with Gasteiger partial charge in [-0.15, -0.1) is 0 Å². The molecular formula is C27H33N3O5S2. The number of nitrogens with zero attached hydrogens (tertiary/aromatic N) is 3. The van der Waals surface area contributed by atoms with Crippen molar-refractivity contribution in [2.24, 2.45) is 4.99 Å². The second-order valence-electron chi connectivity index (χ2n) is 9.46. The third-order valence-corrected chi connectivity index (χ3v) is 9.93. The molecule has 0 aliphatic heterocycles. The highest BCUT2D eigenvalue weighted by atomic mass is 32.2. The summed E-state index contributed by atoms with van der Waals surface area (Å²) in [6.45, 7) is 5.90. The van der Waals surface area contributed by atoms with Gasteiger partial charge in [-0.3, -0.25) is 9.59 Å². The van der Waals surface area contributed by atoms with Crippen LogP contribution in [-0.2, 0) is 26.1 Å². The maximum atomic E-state index is 13.1. The molecule has 0 radical (unpaired) electrons. The van der Waals surface area contributed by atoms with Gasteiger partial charge in [-0.1, -0.05) is 36.7 Å². The minimum Gasteiger partial charge on any atom is -0.465 e. The number of ether oxygens (including phenoxy) is 1. The predicted octanol–water partition coefficient (Wildman–Crippen LogP) is 4.58. The van der Waals surface area contributed by atoms with E-state index in [1.165, 1.54) is 39.9 Å². The third-order valence-electron chi connectivity index (χ3n) is 6.77. The van der Waals surface area contributed by atoms with Crippen LogP contribution in [0.25, 0.3) is 10.2 Å². The first-order chi connectivity index (χ1) is 17.6. The second kappa shape index (κ2) is 11.3. The van der Waals surface area contributed by atoms with Gasteiger partial charge in [-0.05, 0) is 75.1 Å². The fourth-order valence-electron chi connectivity index (χ4n) is 4.81. The first kappa shape index (κ1) is 27.2. The van der Waals surface area contributed by atoms with Gasteiger partial charge in [0.2, 0.25) is 10.0 Å². The van der Waals surface area contributed by atoms with Gasteiger partial charge in [-0.25, -0.2) is 8.42 Å². The van der Waals surface area contributed by atoms with Crippen LogP contribution in [0.1, 0.15) is 60.5 Å². The largest absolute Gasteiger partial charge is 0.465 e. The van der Waals surface area contributed by atoms with E-state index >= 15 is 0 Å². The van der Waals surface area contributed by atoms with Crippen molar-refractivity contribution in [3.8, 4) is 0 Å². The van der Waals surface area contributed by atoms with Crippen LogP contribution < -0.4 is 4.80 Å². The molecule has 0 saturated heterocycles. The van der Waals surface area contributed by atoms with E-state index in [0.29, 0.717) is 4.80 Å². The van der Waals surface area contributed by atoms with Crippen LogP contribution in [0.15, 0.2) is 46.3 Å². The normalized spacial score (nSPS) is 15.4. The molecule has 1 fully saturated rings. The van der Waals surface area contributed by atoms with Gasteiger partial charge < -0.3 is 9.30 Å². The van der Waals surface area contributed by atoms with E-state index in [1.54, 1.807) is 18.5 Å². The zero-order chi connectivity index (χ0) is 26.7. The summed E-state index contributed by atoms with van der Waals surface area (Å²) in [5, 5.41) is 0. The van der Waals surface area contributed by atoms with E-state index in [0.717, 1.165) is 53.4 Å². The van der Waals surface area contributed by atoms with Crippen molar-refractivity contribution in [1.29, 1.82) is 0 Å². The van der Waals surface area contributed by atoms with Crippen molar-refractivity contribution in [3.05, 3.63) is 57.9 Å². The van der Waals surface area contributed by atoms with Gasteiger partial charge in [-0.2, -0.15) is 9.30 Å². The Bertz CT molecular complexity index is 1480. The fraction of sp³-hybridized carbons (Fsp3) is 0.444. The molecule has 1 amide bonds. The lowest BCUT2D eigenvalue weighted by molar-refractivity contribution is -0.143. The molecule has 1 saturated carbocycles. The molecule has 8 nitrogen and oxygen atoms in total. The van der Waals surface area contributed by atoms with Crippen molar-refractivity contribution in [1.82, 2.24) is 8.87 Å². The summed E-state index contributed by atoms with van der Waals surface area (Å²) in [6, 6.07) is 9.92. The Kier molecular flexibility index (Phi) is 8.30. The fourth-order valence-corrected chi connectivity index (χ4v) is 7.31. The van der Waals surface area contributed by atoms with Crippen LogP contribution in [0.5, 0.6) is 0 Å². The van der Waals surface area contributed by atoms with Gasteiger partial charge >= 0.3 is 5.97 Å². The SMILES string of the molecule is CCOC(=O)Cn1c(=NC(=O)c2ccc(S(=O)(=O)N(C)C3CCCCC3)cc2)sc2c(C)cc(C)cc21. The highest BCUT2D eigenvalue weighted by Crippen LogP contribution is 2.27. The van der Waals surface area contributed by atoms with Gasteiger partial charge in [0.25, 0.3) is 5.91 Å². The van der Waals surface area contributed by atoms with E-state index in [4.69, 9.17) is 4.74 Å². The summed E-state index contributed by atoms with van der Waals surface area (Å²) in [5.74, 6) is -0.921. The summed E-state index contributed by atoms with van der Waals surface area (Å²) in [6.07, 6.45) is 4.94. The first-order valence-corrected chi connectivity index (χ1v) is 14.8. The lowest BCUT2D eigenvalue weighted by Gasteiger charge is -2.30. The lowest BCUT2D eigenvalue weighted by atomic mass is 9.96. The zero-order valence-electron chi connectivity index (χ0n) is 21.7. The Morgan fingerprint density at radius 1 is 1.11 bits per heavy atom. The molecule has 0 spiro atoms. The molecule has 198 valence electrons. The number of sulfonamides is 1. The number of hydrogen-bond donors (Lipinski definition) is 0. The molecule has 0 bridgehead atoms. The monoisotopic (exact) mass is 543 g/mol. The molecule has 4 rings (SSSR count). The molecular weight excluding hydrogens is 510 g/mol. The number of aromatic nitrogens is 1. The number of rotatable bonds is 7. The molecule has 1 aliphatic carbocycles. The number of amides is 1. The van der Waals surface area contributed by atoms with Crippen LogP contribution in [0.3, 0.4) is 0 Å². The quantitative estimate of drug-likeness (QED) is 0.407. The molecule has 2 aromatic carbocycles. The van der Waals surface area contributed by atoms with Crippen LogP contribution in [0, 0.1) is 13.8 Å². The first-order valence-electron chi connectivity index (χ1n) is 12.5. The Morgan fingerprint density at radius 3 is 2.43 bits per heavy atom. The number of fused-ring (bicyclic) bond motifs is 1. The van der Waals surface area contributed by atoms with Gasteiger partial charge in [0.05, 0.1) is 21.7 Å². The van der Waals surface area contributed by atoms with Crippen LogP contribution >= 0.6 is 11.3 Å². The Hall–Kier alpha value is -2.82. The van der Waals surface area contributed by atoms with E-state index in [-0.39, 0.29) is 29.7 Å². The molecule has 10 heteroatoms. The Labute approximate surface area is 221 Å². The standard InChI is InChI=1S/C27H33N3O5S2/c1-5-35-24(31)17-30-23-16-18(2)15-19(3)25(23)36-27(30)28-26(32)20-11-13-22(14-12-20)37(33,34)29(4)21-9-7-6-8-10-21/h11-16,21H,5-10,17H2,1-4H3. The molecule has 0 atom stereocenters. The molecule has 37 heavy (non-hydrogen) atoms. The number of carbonyl (C=O) groups excluding carboxylic acids is 2. The summed E-state index contributed by atoms with van der Waals surface area (Å²) in [7, 11) is -2.02. The lowest BCUT2D eigenvalue weighted by Crippen LogP contribution is -2.38. The van der Waals surface area contributed by atoms with Gasteiger partial charge in [0.15, 0.2) is 4.80 Å². The molecule has 1 aliphatic rings. The highest BCUT2D eigenvalue weighted by Gasteiger charge is 2.29. The maximum absolute atomic E-state index is 13.1. The summed E-state index contributed by atoms with van der Waals surface area (Å²) >= 11 is 1.33. The van der Waals surface area contributed by atoms with Crippen LogP contribution in [-0.4, -0.2) is 48.9 Å². The molecule has 0 N–H and O–H groups in total. The van der Waals surface area contributed by atoms with Crippen molar-refractivity contribution in [2.45, 2.75) is 70.4 Å². The van der Waals surface area contributed by atoms with Crippen molar-refractivity contribution in [3.63, 3.8) is 0 Å². The summed E-state index contributed by atoms with van der Waals surface area (Å²) in [5.41, 5.74) is 3.15. The molecule has 3 aromatic rings. The number of thiazole rings is 1. The minimum absolute atomic E-state index is 0.00459. The average Bonchev–Trinajstić information content (AvgIpc) is 3.21.